The zero-order valence-corrected chi connectivity index (χ0v) is 16.3. The van der Waals surface area contributed by atoms with E-state index in [-0.39, 0.29) is 17.7 Å². The minimum Gasteiger partial charge on any atom is -0.497 e. The van der Waals surface area contributed by atoms with Crippen LogP contribution in [-0.2, 0) is 4.79 Å². The summed E-state index contributed by atoms with van der Waals surface area (Å²) in [4.78, 5) is 24.8. The van der Waals surface area contributed by atoms with Crippen LogP contribution in [0.5, 0.6) is 5.75 Å². The number of methoxy groups -OCH3 is 1. The van der Waals surface area contributed by atoms with Gasteiger partial charge in [-0.05, 0) is 41.8 Å². The van der Waals surface area contributed by atoms with Crippen molar-refractivity contribution >= 4 is 24.1 Å². The van der Waals surface area contributed by atoms with E-state index in [0.717, 1.165) is 5.56 Å². The van der Waals surface area contributed by atoms with Crippen LogP contribution in [0.3, 0.4) is 0 Å². The molecule has 1 atom stereocenters. The maximum atomic E-state index is 12.4. The Labute approximate surface area is 165 Å². The second-order valence-electron chi connectivity index (χ2n) is 6.45. The molecule has 0 spiro atoms. The van der Waals surface area contributed by atoms with Gasteiger partial charge in [-0.2, -0.15) is 5.10 Å². The Bertz CT molecular complexity index is 828. The summed E-state index contributed by atoms with van der Waals surface area (Å²) < 4.78 is 5.08. The molecule has 6 heteroatoms. The molecule has 2 aromatic rings. The van der Waals surface area contributed by atoms with Crippen LogP contribution >= 0.6 is 0 Å². The van der Waals surface area contributed by atoms with Crippen LogP contribution in [0.1, 0.15) is 29.8 Å². The Morgan fingerprint density at radius 2 is 1.71 bits per heavy atom. The molecule has 0 radical (unpaired) electrons. The fourth-order valence-corrected chi connectivity index (χ4v) is 2.43. The molecular weight excluding hydrogens is 354 g/mol. The van der Waals surface area contributed by atoms with Gasteiger partial charge >= 0.3 is 0 Å². The average molecular weight is 379 g/mol. The molecule has 2 N–H and O–H groups in total. The third kappa shape index (κ3) is 6.39. The summed E-state index contributed by atoms with van der Waals surface area (Å²) in [6.45, 7) is 3.72. The molecular formula is C22H25N3O3. The predicted octanol–water partition coefficient (Wildman–Crippen LogP) is 3.27. The van der Waals surface area contributed by atoms with Crippen LogP contribution in [0.15, 0.2) is 65.8 Å². The van der Waals surface area contributed by atoms with Gasteiger partial charge in [-0.15, -0.1) is 0 Å². The number of benzene rings is 2. The number of hydrazone groups is 1. The third-order valence-corrected chi connectivity index (χ3v) is 4.01. The van der Waals surface area contributed by atoms with Crippen LogP contribution in [-0.4, -0.2) is 31.2 Å². The van der Waals surface area contributed by atoms with E-state index < -0.39 is 6.04 Å². The molecule has 2 amide bonds. The van der Waals surface area contributed by atoms with E-state index in [4.69, 9.17) is 4.74 Å². The molecule has 0 heterocycles. The summed E-state index contributed by atoms with van der Waals surface area (Å²) in [6, 6.07) is 15.7. The maximum Gasteiger partial charge on any atom is 0.262 e. The lowest BCUT2D eigenvalue weighted by Crippen LogP contribution is -2.48. The predicted molar refractivity (Wildman–Crippen MR) is 111 cm³/mol. The number of nitrogens with one attached hydrogen (secondary N) is 2. The first-order valence-corrected chi connectivity index (χ1v) is 9.01. The Hall–Kier alpha value is -3.41. The topological polar surface area (TPSA) is 79.8 Å². The van der Waals surface area contributed by atoms with E-state index in [1.165, 1.54) is 6.21 Å². The zero-order chi connectivity index (χ0) is 20.4. The molecule has 0 bridgehead atoms. The molecule has 2 rings (SSSR count). The van der Waals surface area contributed by atoms with Crippen molar-refractivity contribution in [1.82, 2.24) is 10.7 Å². The molecule has 0 aliphatic rings. The number of ether oxygens (including phenoxy) is 1. The standard InChI is InChI=1S/C22H25N3O3/c1-16(2)20(24-21(26)18-11-13-19(28-3)14-12-18)22(27)25-23-15-7-10-17-8-5-4-6-9-17/h4-16,20H,1-3H3,(H,24,26)(H,25,27). The van der Waals surface area contributed by atoms with Crippen molar-refractivity contribution in [2.45, 2.75) is 19.9 Å². The van der Waals surface area contributed by atoms with Gasteiger partial charge in [-0.25, -0.2) is 5.43 Å². The highest BCUT2D eigenvalue weighted by Crippen LogP contribution is 2.12. The highest BCUT2D eigenvalue weighted by Gasteiger charge is 2.24. The summed E-state index contributed by atoms with van der Waals surface area (Å²) in [6.07, 6.45) is 5.10. The first-order chi connectivity index (χ1) is 13.5. The van der Waals surface area contributed by atoms with Crippen molar-refractivity contribution in [2.24, 2.45) is 11.0 Å². The van der Waals surface area contributed by atoms with Crippen molar-refractivity contribution in [2.75, 3.05) is 7.11 Å². The summed E-state index contributed by atoms with van der Waals surface area (Å²) >= 11 is 0. The number of rotatable bonds is 8. The summed E-state index contributed by atoms with van der Waals surface area (Å²) in [5, 5.41) is 6.67. The van der Waals surface area contributed by atoms with Crippen LogP contribution in [0.2, 0.25) is 0 Å². The summed E-state index contributed by atoms with van der Waals surface area (Å²) in [5.74, 6) is -0.143. The van der Waals surface area contributed by atoms with Gasteiger partial charge in [0.2, 0.25) is 0 Å². The minimum atomic E-state index is -0.704. The number of carbonyl (C=O) groups excluding carboxylic acids is 2. The summed E-state index contributed by atoms with van der Waals surface area (Å²) in [7, 11) is 1.56. The molecule has 1 unspecified atom stereocenters. The molecule has 6 nitrogen and oxygen atoms in total. The Morgan fingerprint density at radius 1 is 1.04 bits per heavy atom. The lowest BCUT2D eigenvalue weighted by Gasteiger charge is -2.20. The van der Waals surface area contributed by atoms with Gasteiger partial charge in [0.05, 0.1) is 7.11 Å². The number of hydrogen-bond donors (Lipinski definition) is 2. The van der Waals surface area contributed by atoms with E-state index in [0.29, 0.717) is 11.3 Å². The van der Waals surface area contributed by atoms with E-state index >= 15 is 0 Å². The van der Waals surface area contributed by atoms with Crippen molar-refractivity contribution in [1.29, 1.82) is 0 Å². The Kier molecular flexibility index (Phi) is 7.96. The quantitative estimate of drug-likeness (QED) is 0.546. The molecule has 0 saturated heterocycles. The van der Waals surface area contributed by atoms with Gasteiger partial charge < -0.3 is 10.1 Å². The Morgan fingerprint density at radius 3 is 2.32 bits per heavy atom. The van der Waals surface area contributed by atoms with E-state index in [9.17, 15) is 9.59 Å². The molecule has 0 fully saturated rings. The lowest BCUT2D eigenvalue weighted by atomic mass is 10.0. The molecule has 28 heavy (non-hydrogen) atoms. The Balaban J connectivity index is 1.92. The summed E-state index contributed by atoms with van der Waals surface area (Å²) in [5.41, 5.74) is 3.96. The molecule has 0 aliphatic carbocycles. The molecule has 146 valence electrons. The fraction of sp³-hybridized carbons (Fsp3) is 0.227. The number of hydrogen-bond acceptors (Lipinski definition) is 4. The monoisotopic (exact) mass is 379 g/mol. The van der Waals surface area contributed by atoms with Crippen LogP contribution in [0.25, 0.3) is 6.08 Å². The zero-order valence-electron chi connectivity index (χ0n) is 16.3. The van der Waals surface area contributed by atoms with Gasteiger partial charge in [0.15, 0.2) is 0 Å². The van der Waals surface area contributed by atoms with Crippen LogP contribution in [0, 0.1) is 5.92 Å². The smallest absolute Gasteiger partial charge is 0.262 e. The average Bonchev–Trinajstić information content (AvgIpc) is 2.72. The maximum absolute atomic E-state index is 12.4. The normalized spacial score (nSPS) is 12.3. The van der Waals surface area contributed by atoms with Crippen molar-refractivity contribution in [3.8, 4) is 5.75 Å². The number of amides is 2. The van der Waals surface area contributed by atoms with E-state index in [2.05, 4.69) is 15.8 Å². The second-order valence-corrected chi connectivity index (χ2v) is 6.45. The van der Waals surface area contributed by atoms with Gasteiger partial charge in [0.1, 0.15) is 11.8 Å². The molecule has 0 saturated carbocycles. The number of nitrogens with zero attached hydrogens (tertiary/aromatic N) is 1. The molecule has 2 aromatic carbocycles. The lowest BCUT2D eigenvalue weighted by molar-refractivity contribution is -0.123. The highest BCUT2D eigenvalue weighted by atomic mass is 16.5. The van der Waals surface area contributed by atoms with Gasteiger partial charge in [0.25, 0.3) is 11.8 Å². The first kappa shape index (κ1) is 20.9. The van der Waals surface area contributed by atoms with Crippen molar-refractivity contribution in [3.05, 3.63) is 71.8 Å². The van der Waals surface area contributed by atoms with Gasteiger partial charge in [0, 0.05) is 11.8 Å². The second kappa shape index (κ2) is 10.7. The van der Waals surface area contributed by atoms with Crippen LogP contribution < -0.4 is 15.5 Å². The van der Waals surface area contributed by atoms with Gasteiger partial charge in [-0.3, -0.25) is 9.59 Å². The van der Waals surface area contributed by atoms with Crippen molar-refractivity contribution in [3.63, 3.8) is 0 Å². The number of allylic oxidation sites excluding steroid dienone is 1. The van der Waals surface area contributed by atoms with Gasteiger partial charge in [-0.1, -0.05) is 50.3 Å². The number of carbonyl (C=O) groups is 2. The highest BCUT2D eigenvalue weighted by molar-refractivity contribution is 5.97. The van der Waals surface area contributed by atoms with E-state index in [1.807, 2.05) is 50.3 Å². The molecule has 0 aromatic heterocycles. The fourth-order valence-electron chi connectivity index (χ4n) is 2.43. The SMILES string of the molecule is COc1ccc(C(=O)NC(C(=O)NN=CC=Cc2ccccc2)C(C)C)cc1. The first-order valence-electron chi connectivity index (χ1n) is 9.01. The van der Waals surface area contributed by atoms with Crippen molar-refractivity contribution < 1.29 is 14.3 Å². The van der Waals surface area contributed by atoms with E-state index in [1.54, 1.807) is 37.5 Å². The third-order valence-electron chi connectivity index (χ3n) is 4.01. The minimum absolute atomic E-state index is 0.0998. The molecule has 0 aliphatic heterocycles. The largest absolute Gasteiger partial charge is 0.497 e. The van der Waals surface area contributed by atoms with Crippen LogP contribution in [0.4, 0.5) is 0 Å².